The fourth-order valence-electron chi connectivity index (χ4n) is 4.00. The van der Waals surface area contributed by atoms with Crippen molar-refractivity contribution in [2.24, 2.45) is 0 Å². The van der Waals surface area contributed by atoms with Crippen LogP contribution in [0.25, 0.3) is 5.76 Å². The summed E-state index contributed by atoms with van der Waals surface area (Å²) in [7, 11) is 3.10. The Hall–Kier alpha value is -3.58. The summed E-state index contributed by atoms with van der Waals surface area (Å²) < 4.78 is 10.8. The van der Waals surface area contributed by atoms with Crippen LogP contribution in [0.4, 0.5) is 0 Å². The van der Waals surface area contributed by atoms with E-state index in [4.69, 9.17) is 9.47 Å². The Morgan fingerprint density at radius 2 is 1.84 bits per heavy atom. The predicted octanol–water partition coefficient (Wildman–Crippen LogP) is 4.70. The standard InChI is InChI=1S/C25H23NO5S/c1-15-13-16(30-2)10-11-18(15)23(27)21-22(19-8-4-5-9-20(19)31-3)26(25(29)24(21)28)14-17-7-6-12-32-17/h4-13,22,27H,14H2,1-3H3/b23-21+. The molecule has 1 aliphatic heterocycles. The minimum atomic E-state index is -0.783. The van der Waals surface area contributed by atoms with Crippen molar-refractivity contribution in [3.8, 4) is 11.5 Å². The van der Waals surface area contributed by atoms with Crippen LogP contribution in [-0.4, -0.2) is 35.9 Å². The van der Waals surface area contributed by atoms with Crippen LogP contribution in [-0.2, 0) is 16.1 Å². The molecule has 0 spiro atoms. The summed E-state index contributed by atoms with van der Waals surface area (Å²) in [6.45, 7) is 2.07. The van der Waals surface area contributed by atoms with Crippen LogP contribution in [0.5, 0.6) is 11.5 Å². The van der Waals surface area contributed by atoms with Crippen LogP contribution in [0.2, 0.25) is 0 Å². The van der Waals surface area contributed by atoms with Crippen molar-refractivity contribution in [2.75, 3.05) is 14.2 Å². The van der Waals surface area contributed by atoms with Gasteiger partial charge in [0.2, 0.25) is 0 Å². The third-order valence-electron chi connectivity index (χ3n) is 5.57. The van der Waals surface area contributed by atoms with Crippen molar-refractivity contribution < 1.29 is 24.2 Å². The molecule has 0 bridgehead atoms. The van der Waals surface area contributed by atoms with Crippen LogP contribution in [0.15, 0.2) is 65.6 Å². The number of carbonyl (C=O) groups excluding carboxylic acids is 2. The van der Waals surface area contributed by atoms with Crippen molar-refractivity contribution in [3.05, 3.63) is 87.1 Å². The third-order valence-corrected chi connectivity index (χ3v) is 6.43. The number of thiophene rings is 1. The van der Waals surface area contributed by atoms with Crippen molar-refractivity contribution in [1.82, 2.24) is 4.90 Å². The molecule has 3 aromatic rings. The molecular formula is C25H23NO5S. The quantitative estimate of drug-likeness (QED) is 0.336. The highest BCUT2D eigenvalue weighted by Gasteiger charge is 2.47. The predicted molar refractivity (Wildman–Crippen MR) is 123 cm³/mol. The van der Waals surface area contributed by atoms with E-state index in [1.54, 1.807) is 31.4 Å². The van der Waals surface area contributed by atoms with Gasteiger partial charge >= 0.3 is 0 Å². The Balaban J connectivity index is 1.92. The van der Waals surface area contributed by atoms with Crippen LogP contribution in [0.3, 0.4) is 0 Å². The highest BCUT2D eigenvalue weighted by molar-refractivity contribution is 7.09. The van der Waals surface area contributed by atoms with Crippen LogP contribution >= 0.6 is 11.3 Å². The fraction of sp³-hybridized carbons (Fsp3) is 0.200. The van der Waals surface area contributed by atoms with Crippen LogP contribution in [0.1, 0.15) is 27.6 Å². The number of aliphatic hydroxyl groups excluding tert-OH is 1. The van der Waals surface area contributed by atoms with Crippen molar-refractivity contribution in [2.45, 2.75) is 19.5 Å². The summed E-state index contributed by atoms with van der Waals surface area (Å²) in [5.74, 6) is -0.410. The topological polar surface area (TPSA) is 76.1 Å². The van der Waals surface area contributed by atoms with Gasteiger partial charge in [-0.3, -0.25) is 9.59 Å². The van der Waals surface area contributed by atoms with Crippen LogP contribution < -0.4 is 9.47 Å². The van der Waals surface area contributed by atoms with Gasteiger partial charge < -0.3 is 19.5 Å². The number of carbonyl (C=O) groups is 2. The van der Waals surface area contributed by atoms with Gasteiger partial charge in [0.15, 0.2) is 0 Å². The molecule has 6 nitrogen and oxygen atoms in total. The molecule has 1 unspecified atom stereocenters. The molecule has 0 saturated carbocycles. The smallest absolute Gasteiger partial charge is 0.295 e. The molecule has 1 amide bonds. The Bertz CT molecular complexity index is 1200. The van der Waals surface area contributed by atoms with E-state index in [1.165, 1.54) is 23.3 Å². The number of methoxy groups -OCH3 is 2. The Morgan fingerprint density at radius 1 is 1.06 bits per heavy atom. The molecule has 0 radical (unpaired) electrons. The average molecular weight is 450 g/mol. The summed E-state index contributed by atoms with van der Waals surface area (Å²) in [6.07, 6.45) is 0. The Kier molecular flexibility index (Phi) is 6.01. The zero-order valence-corrected chi connectivity index (χ0v) is 18.8. The second kappa shape index (κ2) is 8.88. The van der Waals surface area contributed by atoms with Crippen molar-refractivity contribution in [3.63, 3.8) is 0 Å². The molecule has 164 valence electrons. The highest BCUT2D eigenvalue weighted by Crippen LogP contribution is 2.44. The zero-order valence-electron chi connectivity index (χ0n) is 18.0. The largest absolute Gasteiger partial charge is 0.507 e. The number of amides is 1. The van der Waals surface area contributed by atoms with Gasteiger partial charge in [-0.25, -0.2) is 0 Å². The number of likely N-dealkylation sites (tertiary alicyclic amines) is 1. The van der Waals surface area contributed by atoms with E-state index in [0.717, 1.165) is 10.4 Å². The molecule has 32 heavy (non-hydrogen) atoms. The Labute approximate surface area is 190 Å². The number of hydrogen-bond acceptors (Lipinski definition) is 6. The van der Waals surface area contributed by atoms with Crippen LogP contribution in [0, 0.1) is 6.92 Å². The molecule has 1 atom stereocenters. The third kappa shape index (κ3) is 3.76. The molecule has 1 saturated heterocycles. The van der Waals surface area contributed by atoms with Gasteiger partial charge in [-0.15, -0.1) is 11.3 Å². The minimum absolute atomic E-state index is 0.0457. The van der Waals surface area contributed by atoms with Gasteiger partial charge in [-0.05, 0) is 48.2 Å². The van der Waals surface area contributed by atoms with E-state index in [2.05, 4.69) is 0 Å². The second-order valence-corrected chi connectivity index (χ2v) is 8.46. The lowest BCUT2D eigenvalue weighted by Gasteiger charge is -2.26. The SMILES string of the molecule is COc1ccc(/C(O)=C2\C(=O)C(=O)N(Cc3cccs3)C2c2ccccc2OC)c(C)c1. The van der Waals surface area contributed by atoms with Gasteiger partial charge in [0.25, 0.3) is 11.7 Å². The minimum Gasteiger partial charge on any atom is -0.507 e. The molecule has 1 aliphatic rings. The lowest BCUT2D eigenvalue weighted by atomic mass is 9.93. The molecule has 2 aromatic carbocycles. The van der Waals surface area contributed by atoms with E-state index in [-0.39, 0.29) is 17.9 Å². The zero-order chi connectivity index (χ0) is 22.8. The maximum absolute atomic E-state index is 13.2. The first-order valence-corrected chi connectivity index (χ1v) is 10.9. The average Bonchev–Trinajstić information content (AvgIpc) is 3.41. The first kappa shape index (κ1) is 21.6. The van der Waals surface area contributed by atoms with Gasteiger partial charge in [-0.2, -0.15) is 0 Å². The number of rotatable bonds is 6. The fourth-order valence-corrected chi connectivity index (χ4v) is 4.71. The number of Topliss-reactive ketones (excluding diaryl/α,β-unsaturated/α-hetero) is 1. The summed E-state index contributed by atoms with van der Waals surface area (Å²) in [6, 6.07) is 15.4. The number of hydrogen-bond donors (Lipinski definition) is 1. The molecular weight excluding hydrogens is 426 g/mol. The van der Waals surface area contributed by atoms with E-state index >= 15 is 0 Å². The normalized spacial score (nSPS) is 17.6. The maximum Gasteiger partial charge on any atom is 0.295 e. The van der Waals surface area contributed by atoms with E-state index in [0.29, 0.717) is 22.6 Å². The van der Waals surface area contributed by atoms with Gasteiger partial charge in [0, 0.05) is 16.0 Å². The Morgan fingerprint density at radius 3 is 2.50 bits per heavy atom. The number of aryl methyl sites for hydroxylation is 1. The molecule has 1 aromatic heterocycles. The van der Waals surface area contributed by atoms with Gasteiger partial charge in [0.1, 0.15) is 17.3 Å². The monoisotopic (exact) mass is 449 g/mol. The number of benzene rings is 2. The van der Waals surface area contributed by atoms with Crippen molar-refractivity contribution >= 4 is 28.8 Å². The molecule has 4 rings (SSSR count). The number of ketones is 1. The highest BCUT2D eigenvalue weighted by atomic mass is 32.1. The molecule has 7 heteroatoms. The summed E-state index contributed by atoms with van der Waals surface area (Å²) >= 11 is 1.50. The first-order valence-electron chi connectivity index (χ1n) is 10.0. The molecule has 1 N–H and O–H groups in total. The summed E-state index contributed by atoms with van der Waals surface area (Å²) in [5.41, 5.74) is 1.88. The van der Waals surface area contributed by atoms with E-state index < -0.39 is 17.7 Å². The molecule has 2 heterocycles. The van der Waals surface area contributed by atoms with E-state index in [9.17, 15) is 14.7 Å². The van der Waals surface area contributed by atoms with Gasteiger partial charge in [-0.1, -0.05) is 24.3 Å². The second-order valence-electron chi connectivity index (χ2n) is 7.43. The van der Waals surface area contributed by atoms with E-state index in [1.807, 2.05) is 42.6 Å². The lowest BCUT2D eigenvalue weighted by Crippen LogP contribution is -2.29. The van der Waals surface area contributed by atoms with Crippen molar-refractivity contribution in [1.29, 1.82) is 0 Å². The number of aliphatic hydroxyl groups is 1. The lowest BCUT2D eigenvalue weighted by molar-refractivity contribution is -0.140. The summed E-state index contributed by atoms with van der Waals surface area (Å²) in [4.78, 5) is 28.8. The number of nitrogens with zero attached hydrogens (tertiary/aromatic N) is 1. The number of para-hydroxylation sites is 1. The van der Waals surface area contributed by atoms with Gasteiger partial charge in [0.05, 0.1) is 32.4 Å². The summed E-state index contributed by atoms with van der Waals surface area (Å²) in [5, 5.41) is 13.2. The maximum atomic E-state index is 13.2. The molecule has 0 aliphatic carbocycles. The number of ether oxygens (including phenoxy) is 2. The molecule has 1 fully saturated rings. The first-order chi connectivity index (χ1) is 15.5.